The second-order valence-corrected chi connectivity index (χ2v) is 10.7. The molecule has 4 aromatic rings. The number of carboxylic acid groups (broad SMARTS) is 2. The molecule has 0 amide bonds. The summed E-state index contributed by atoms with van der Waals surface area (Å²) in [6.07, 6.45) is 9.08. The van der Waals surface area contributed by atoms with Gasteiger partial charge in [0, 0.05) is 40.9 Å². The van der Waals surface area contributed by atoms with Gasteiger partial charge in [0.1, 0.15) is 11.5 Å². The molecule has 0 fully saturated rings. The van der Waals surface area contributed by atoms with Gasteiger partial charge in [0.2, 0.25) is 0 Å². The molecule has 0 unspecified atom stereocenters. The van der Waals surface area contributed by atoms with Gasteiger partial charge in [-0.25, -0.2) is 0 Å². The van der Waals surface area contributed by atoms with E-state index >= 15 is 0 Å². The standard InChI is InChI=1S/C34H38N2O2.2C2H4O2.Co/c1-5-11-23-17-25(7-3)33(37)28(19-23)21-35-30-15-9-13-27-14-10-16-31(32(27)30)36-22-29-20-24(12-6-2)18-26(8-4)34(29)38;2*1-2(3)4;/h9-10,13-22,37-38H,5-8,11-12H2,1-4H3;2*1H3,(H,3,4);/q;;;+2/p-2. The van der Waals surface area contributed by atoms with Gasteiger partial charge in [-0.15, -0.1) is 0 Å². The zero-order chi connectivity index (χ0) is 34.2. The van der Waals surface area contributed by atoms with Crippen LogP contribution >= 0.6 is 0 Å². The second-order valence-electron chi connectivity index (χ2n) is 10.7. The third kappa shape index (κ3) is 12.7. The molecule has 0 aromatic heterocycles. The average Bonchev–Trinajstić information content (AvgIpc) is 3.00. The second kappa shape index (κ2) is 20.6. The number of carboxylic acids is 2. The predicted octanol–water partition coefficient (Wildman–Crippen LogP) is 6.29. The van der Waals surface area contributed by atoms with Gasteiger partial charge in [-0.1, -0.05) is 76.9 Å². The Morgan fingerprint density at radius 3 is 1.36 bits per heavy atom. The molecule has 0 spiro atoms. The molecular weight excluding hydrogens is 639 g/mol. The number of aliphatic imine (C=N–C) groups is 2. The van der Waals surface area contributed by atoms with Gasteiger partial charge in [-0.2, -0.15) is 0 Å². The normalized spacial score (nSPS) is 10.6. The molecule has 251 valence electrons. The minimum Gasteiger partial charge on any atom is -0.550 e. The summed E-state index contributed by atoms with van der Waals surface area (Å²) < 4.78 is 0. The quantitative estimate of drug-likeness (QED) is 0.188. The van der Waals surface area contributed by atoms with Crippen LogP contribution in [0.15, 0.2) is 70.6 Å². The fourth-order valence-electron chi connectivity index (χ4n) is 4.97. The first-order valence-electron chi connectivity index (χ1n) is 15.6. The van der Waals surface area contributed by atoms with E-state index in [2.05, 4.69) is 52.0 Å². The molecule has 0 saturated heterocycles. The molecule has 0 saturated carbocycles. The van der Waals surface area contributed by atoms with Crippen molar-refractivity contribution in [3.05, 3.63) is 94.0 Å². The first kappa shape index (κ1) is 40.6. The van der Waals surface area contributed by atoms with Crippen LogP contribution in [0.1, 0.15) is 87.8 Å². The Bertz CT molecular complexity index is 1570. The molecule has 0 bridgehead atoms. The Morgan fingerprint density at radius 1 is 0.681 bits per heavy atom. The molecule has 2 N–H and O–H groups in total. The number of aliphatic carboxylic acids is 2. The van der Waals surface area contributed by atoms with Crippen molar-refractivity contribution in [1.82, 2.24) is 0 Å². The molecule has 8 nitrogen and oxygen atoms in total. The van der Waals surface area contributed by atoms with Crippen molar-refractivity contribution >= 4 is 46.5 Å². The molecule has 4 aromatic carbocycles. The molecule has 0 aliphatic rings. The number of phenolic OH excluding ortho intramolecular Hbond substituents is 2. The molecule has 9 heteroatoms. The number of nitrogens with zero attached hydrogens (tertiary/aromatic N) is 2. The Labute approximate surface area is 288 Å². The minimum absolute atomic E-state index is 0. The molecule has 1 radical (unpaired) electrons. The van der Waals surface area contributed by atoms with Gasteiger partial charge in [0.15, 0.2) is 0 Å². The van der Waals surface area contributed by atoms with Gasteiger partial charge < -0.3 is 30.0 Å². The van der Waals surface area contributed by atoms with Gasteiger partial charge >= 0.3 is 16.8 Å². The number of rotatable bonds is 10. The van der Waals surface area contributed by atoms with Crippen LogP contribution in [0.25, 0.3) is 10.8 Å². The molecular formula is C38H44CoN2O6. The zero-order valence-corrected chi connectivity index (χ0v) is 29.0. The Morgan fingerprint density at radius 2 is 1.04 bits per heavy atom. The third-order valence-electron chi connectivity index (χ3n) is 6.94. The van der Waals surface area contributed by atoms with E-state index in [0.29, 0.717) is 11.5 Å². The van der Waals surface area contributed by atoms with E-state index in [1.165, 1.54) is 11.1 Å². The maximum Gasteiger partial charge on any atom is 2.00 e. The van der Waals surface area contributed by atoms with Crippen molar-refractivity contribution in [3.63, 3.8) is 0 Å². The number of phenols is 2. The average molecular weight is 684 g/mol. The van der Waals surface area contributed by atoms with Crippen molar-refractivity contribution in [2.45, 2.75) is 80.1 Å². The summed E-state index contributed by atoms with van der Waals surface area (Å²) in [6.45, 7) is 10.4. The largest absolute Gasteiger partial charge is 2.00 e. The number of benzene rings is 4. The summed E-state index contributed by atoms with van der Waals surface area (Å²) in [5.41, 5.74) is 7.34. The SMILES string of the molecule is CC(=O)[O-].CC(=O)[O-].CCCc1cc(C=Nc2cccc3cccc(N=Cc4cc(CCC)cc(CC)c4O)c23)c(O)c(CC)c1.[Co+2]. The summed E-state index contributed by atoms with van der Waals surface area (Å²) in [4.78, 5) is 27.4. The molecule has 47 heavy (non-hydrogen) atoms. The summed E-state index contributed by atoms with van der Waals surface area (Å²) in [5.74, 6) is -1.58. The van der Waals surface area contributed by atoms with Gasteiger partial charge in [0.25, 0.3) is 0 Å². The van der Waals surface area contributed by atoms with E-state index in [9.17, 15) is 10.2 Å². The van der Waals surface area contributed by atoms with E-state index < -0.39 is 11.9 Å². The molecule has 0 aliphatic heterocycles. The van der Waals surface area contributed by atoms with Crippen LogP contribution in [0.4, 0.5) is 11.4 Å². The molecule has 0 heterocycles. The van der Waals surface area contributed by atoms with Crippen molar-refractivity contribution < 1.29 is 46.8 Å². The van der Waals surface area contributed by atoms with Crippen LogP contribution in [-0.4, -0.2) is 34.6 Å². The van der Waals surface area contributed by atoms with Crippen molar-refractivity contribution in [2.75, 3.05) is 0 Å². The number of carbonyl (C=O) groups excluding carboxylic acids is 2. The number of hydrogen-bond donors (Lipinski definition) is 2. The summed E-state index contributed by atoms with van der Waals surface area (Å²) in [7, 11) is 0. The molecule has 0 atom stereocenters. The maximum absolute atomic E-state index is 10.8. The molecule has 4 rings (SSSR count). The Balaban J connectivity index is 0.00000110. The number of carbonyl (C=O) groups is 2. The van der Waals surface area contributed by atoms with Crippen LogP contribution in [0.3, 0.4) is 0 Å². The van der Waals surface area contributed by atoms with Gasteiger partial charge in [-0.05, 0) is 91.4 Å². The Kier molecular flexibility index (Phi) is 17.8. The number of hydrogen-bond acceptors (Lipinski definition) is 8. The van der Waals surface area contributed by atoms with Crippen molar-refractivity contribution in [2.24, 2.45) is 9.98 Å². The van der Waals surface area contributed by atoms with Crippen LogP contribution in [-0.2, 0) is 52.1 Å². The number of aromatic hydroxyl groups is 2. The number of fused-ring (bicyclic) bond motifs is 1. The fourth-order valence-corrected chi connectivity index (χ4v) is 4.97. The van der Waals surface area contributed by atoms with Crippen LogP contribution < -0.4 is 10.2 Å². The van der Waals surface area contributed by atoms with E-state index in [4.69, 9.17) is 29.8 Å². The summed E-state index contributed by atoms with van der Waals surface area (Å²) in [6, 6.07) is 20.3. The minimum atomic E-state index is -1.08. The van der Waals surface area contributed by atoms with Crippen molar-refractivity contribution in [1.29, 1.82) is 0 Å². The smallest absolute Gasteiger partial charge is 0.550 e. The topological polar surface area (TPSA) is 145 Å². The van der Waals surface area contributed by atoms with E-state index in [1.54, 1.807) is 12.4 Å². The fraction of sp³-hybridized carbons (Fsp3) is 0.316. The number of aryl methyl sites for hydroxylation is 4. The van der Waals surface area contributed by atoms with E-state index in [0.717, 1.165) is 96.8 Å². The maximum atomic E-state index is 10.8. The summed E-state index contributed by atoms with van der Waals surface area (Å²) in [5, 5.41) is 41.4. The first-order chi connectivity index (χ1) is 21.9. The first-order valence-corrected chi connectivity index (χ1v) is 15.6. The van der Waals surface area contributed by atoms with Crippen molar-refractivity contribution in [3.8, 4) is 11.5 Å². The third-order valence-corrected chi connectivity index (χ3v) is 6.94. The Hall–Kier alpha value is -4.47. The molecule has 0 aliphatic carbocycles. The van der Waals surface area contributed by atoms with Gasteiger partial charge in [-0.3, -0.25) is 9.98 Å². The summed E-state index contributed by atoms with van der Waals surface area (Å²) >= 11 is 0. The van der Waals surface area contributed by atoms with E-state index in [1.807, 2.05) is 36.4 Å². The van der Waals surface area contributed by atoms with Gasteiger partial charge in [0.05, 0.1) is 11.4 Å². The monoisotopic (exact) mass is 683 g/mol. The van der Waals surface area contributed by atoms with Crippen LogP contribution in [0.5, 0.6) is 11.5 Å². The predicted molar refractivity (Wildman–Crippen MR) is 183 cm³/mol. The zero-order valence-electron chi connectivity index (χ0n) is 27.9. The van der Waals surface area contributed by atoms with Crippen LogP contribution in [0, 0.1) is 0 Å². The van der Waals surface area contributed by atoms with E-state index in [-0.39, 0.29) is 16.8 Å². The van der Waals surface area contributed by atoms with Crippen LogP contribution in [0.2, 0.25) is 0 Å².